The minimum atomic E-state index is -0.917. The van der Waals surface area contributed by atoms with Crippen LogP contribution < -0.4 is 0 Å². The number of carbonyl (C=O) groups is 1. The zero-order valence-corrected chi connectivity index (χ0v) is 7.20. The van der Waals surface area contributed by atoms with E-state index in [2.05, 4.69) is 20.1 Å². The topological polar surface area (TPSA) is 115 Å². The molecule has 1 aromatic rings. The predicted octanol–water partition coefficient (Wildman–Crippen LogP) is 3.52. The Morgan fingerprint density at radius 2 is 1.93 bits per heavy atom. The van der Waals surface area contributed by atoms with Crippen LogP contribution in [0.15, 0.2) is 22.4 Å². The molecule has 0 aliphatic carbocycles. The van der Waals surface area contributed by atoms with Gasteiger partial charge in [0.1, 0.15) is 12.1 Å². The molecule has 0 atom stereocenters. The maximum atomic E-state index is 13.2. The predicted molar refractivity (Wildman–Crippen MR) is 49.4 cm³/mol. The number of halogens is 1. The van der Waals surface area contributed by atoms with Crippen LogP contribution >= 0.6 is 0 Å². The molecule has 0 saturated heterocycles. The molecule has 8 heteroatoms. The molecule has 0 amide bonds. The lowest BCUT2D eigenvalue weighted by molar-refractivity contribution is 0.112. The number of benzene rings is 1. The highest BCUT2D eigenvalue weighted by molar-refractivity contribution is 5.80. The van der Waals surface area contributed by atoms with Crippen molar-refractivity contribution in [2.24, 2.45) is 10.2 Å². The second-order valence-electron chi connectivity index (χ2n) is 2.37. The van der Waals surface area contributed by atoms with E-state index in [4.69, 9.17) is 11.1 Å². The van der Waals surface area contributed by atoms with Gasteiger partial charge < -0.3 is 0 Å². The molecule has 0 radical (unpaired) electrons. The summed E-state index contributed by atoms with van der Waals surface area (Å²) in [7, 11) is 0. The highest BCUT2D eigenvalue weighted by Crippen LogP contribution is 2.32. The summed E-state index contributed by atoms with van der Waals surface area (Å²) >= 11 is 0. The number of nitrogens with zero attached hydrogens (tertiary/aromatic N) is 6. The average molecular weight is 206 g/mol. The van der Waals surface area contributed by atoms with Gasteiger partial charge in [-0.3, -0.25) is 4.79 Å². The first kappa shape index (κ1) is 10.5. The van der Waals surface area contributed by atoms with Crippen molar-refractivity contribution < 1.29 is 9.18 Å². The van der Waals surface area contributed by atoms with Crippen LogP contribution in [-0.2, 0) is 0 Å². The fourth-order valence-corrected chi connectivity index (χ4v) is 0.941. The highest BCUT2D eigenvalue weighted by Gasteiger charge is 2.08. The third kappa shape index (κ3) is 2.22. The van der Waals surface area contributed by atoms with E-state index in [1.54, 1.807) is 0 Å². The number of rotatable bonds is 3. The first-order valence-electron chi connectivity index (χ1n) is 3.62. The van der Waals surface area contributed by atoms with E-state index in [1.165, 1.54) is 0 Å². The molecule has 0 aliphatic heterocycles. The van der Waals surface area contributed by atoms with Crippen LogP contribution in [0.3, 0.4) is 0 Å². The molecule has 0 N–H and O–H groups in total. The maximum absolute atomic E-state index is 13.2. The molecule has 1 rings (SSSR count). The normalized spacial score (nSPS) is 8.60. The monoisotopic (exact) mass is 206 g/mol. The molecule has 0 saturated carbocycles. The number of azide groups is 2. The van der Waals surface area contributed by atoms with Crippen molar-refractivity contribution >= 4 is 17.7 Å². The van der Waals surface area contributed by atoms with Gasteiger partial charge in [0.25, 0.3) is 0 Å². The van der Waals surface area contributed by atoms with Gasteiger partial charge in [-0.25, -0.2) is 4.39 Å². The van der Waals surface area contributed by atoms with Crippen LogP contribution in [0.1, 0.15) is 10.4 Å². The van der Waals surface area contributed by atoms with Crippen LogP contribution in [0.2, 0.25) is 0 Å². The van der Waals surface area contributed by atoms with E-state index in [9.17, 15) is 9.18 Å². The average Bonchev–Trinajstić information content (AvgIpc) is 2.23. The molecule has 0 aromatic heterocycles. The zero-order valence-electron chi connectivity index (χ0n) is 7.20. The van der Waals surface area contributed by atoms with Crippen molar-refractivity contribution in [3.05, 3.63) is 44.4 Å². The Kier molecular flexibility index (Phi) is 3.24. The fourth-order valence-electron chi connectivity index (χ4n) is 0.941. The molecule has 0 fully saturated rings. The third-order valence-corrected chi connectivity index (χ3v) is 1.50. The molecule has 7 nitrogen and oxygen atoms in total. The smallest absolute Gasteiger partial charge is 0.150 e. The molecular formula is C7H3FN6O. The zero-order chi connectivity index (χ0) is 11.3. The number of carbonyl (C=O) groups excluding carboxylic acids is 1. The van der Waals surface area contributed by atoms with Crippen molar-refractivity contribution in [2.75, 3.05) is 0 Å². The first-order chi connectivity index (χ1) is 7.22. The van der Waals surface area contributed by atoms with Gasteiger partial charge in [0, 0.05) is 15.4 Å². The van der Waals surface area contributed by atoms with E-state index in [0.717, 1.165) is 12.1 Å². The summed E-state index contributed by atoms with van der Waals surface area (Å²) in [5.41, 5.74) is 15.7. The van der Waals surface area contributed by atoms with Crippen molar-refractivity contribution in [2.45, 2.75) is 0 Å². The lowest BCUT2D eigenvalue weighted by Crippen LogP contribution is -1.83. The van der Waals surface area contributed by atoms with Crippen LogP contribution in [0, 0.1) is 5.82 Å². The highest BCUT2D eigenvalue weighted by atomic mass is 19.1. The van der Waals surface area contributed by atoms with Gasteiger partial charge in [-0.2, -0.15) is 0 Å². The summed E-state index contributed by atoms with van der Waals surface area (Å²) in [5.74, 6) is -0.917. The minimum absolute atomic E-state index is 0.00760. The fraction of sp³-hybridized carbons (Fsp3) is 0. The van der Waals surface area contributed by atoms with Crippen molar-refractivity contribution in [1.82, 2.24) is 0 Å². The van der Waals surface area contributed by atoms with Gasteiger partial charge in [-0.15, -0.1) is 0 Å². The van der Waals surface area contributed by atoms with Crippen LogP contribution in [0.25, 0.3) is 20.9 Å². The van der Waals surface area contributed by atoms with E-state index in [1.807, 2.05) is 0 Å². The lowest BCUT2D eigenvalue weighted by atomic mass is 10.2. The number of aldehydes is 1. The Hall–Kier alpha value is -2.56. The molecule has 1 aromatic carbocycles. The van der Waals surface area contributed by atoms with Crippen molar-refractivity contribution in [3.8, 4) is 0 Å². The summed E-state index contributed by atoms with van der Waals surface area (Å²) in [6.07, 6.45) is 0.388. The Morgan fingerprint density at radius 1 is 1.27 bits per heavy atom. The van der Waals surface area contributed by atoms with Gasteiger partial charge >= 0.3 is 0 Å². The summed E-state index contributed by atoms with van der Waals surface area (Å²) < 4.78 is 13.2. The van der Waals surface area contributed by atoms with Gasteiger partial charge in [0.2, 0.25) is 0 Å². The largest absolute Gasteiger partial charge is 0.298 e. The first-order valence-corrected chi connectivity index (χ1v) is 3.62. The molecule has 0 spiro atoms. The Bertz CT molecular complexity index is 500. The molecule has 0 bridgehead atoms. The quantitative estimate of drug-likeness (QED) is 0.320. The van der Waals surface area contributed by atoms with E-state index in [0.29, 0.717) is 6.29 Å². The molecule has 0 aliphatic rings. The summed E-state index contributed by atoms with van der Waals surface area (Å²) in [4.78, 5) is 15.2. The third-order valence-electron chi connectivity index (χ3n) is 1.50. The molecular weight excluding hydrogens is 203 g/mol. The van der Waals surface area contributed by atoms with Crippen molar-refractivity contribution in [3.63, 3.8) is 0 Å². The van der Waals surface area contributed by atoms with Gasteiger partial charge in [0.15, 0.2) is 0 Å². The van der Waals surface area contributed by atoms with E-state index >= 15 is 0 Å². The second-order valence-corrected chi connectivity index (χ2v) is 2.37. The molecule has 0 heterocycles. The minimum Gasteiger partial charge on any atom is -0.298 e. The molecule has 74 valence electrons. The van der Waals surface area contributed by atoms with Crippen molar-refractivity contribution in [1.29, 1.82) is 0 Å². The second kappa shape index (κ2) is 4.61. The number of hydrogen-bond acceptors (Lipinski definition) is 3. The Balaban J connectivity index is 3.54. The van der Waals surface area contributed by atoms with Gasteiger partial charge in [-0.05, 0) is 23.2 Å². The van der Waals surface area contributed by atoms with Crippen LogP contribution in [-0.4, -0.2) is 6.29 Å². The van der Waals surface area contributed by atoms with E-state index in [-0.39, 0.29) is 11.3 Å². The standard InChI is InChI=1S/C7H3FN6O/c8-5-1-4(3-15)2-6(11-13-9)7(5)12-14-10/h1-3H. The number of hydrogen-bond donors (Lipinski definition) is 0. The van der Waals surface area contributed by atoms with Gasteiger partial charge in [-0.1, -0.05) is 10.2 Å². The van der Waals surface area contributed by atoms with Gasteiger partial charge in [0.05, 0.1) is 11.4 Å². The molecule has 0 unspecified atom stereocenters. The van der Waals surface area contributed by atoms with E-state index < -0.39 is 11.5 Å². The van der Waals surface area contributed by atoms with Crippen LogP contribution in [0.5, 0.6) is 0 Å². The molecule has 15 heavy (non-hydrogen) atoms. The lowest BCUT2D eigenvalue weighted by Gasteiger charge is -2.00. The Labute approximate surface area is 82.4 Å². The SMILES string of the molecule is [N-]=[N+]=Nc1cc(C=O)cc(F)c1N=[N+]=[N-]. The Morgan fingerprint density at radius 3 is 2.47 bits per heavy atom. The maximum Gasteiger partial charge on any atom is 0.150 e. The summed E-state index contributed by atoms with van der Waals surface area (Å²) in [5, 5.41) is 6.14. The summed E-state index contributed by atoms with van der Waals surface area (Å²) in [6.45, 7) is 0. The van der Waals surface area contributed by atoms with Crippen LogP contribution in [0.4, 0.5) is 15.8 Å². The summed E-state index contributed by atoms with van der Waals surface area (Å²) in [6, 6.07) is 2.01.